The molecule has 116 valence electrons. The lowest BCUT2D eigenvalue weighted by molar-refractivity contribution is 0.0861. The Morgan fingerprint density at radius 1 is 1.43 bits per heavy atom. The van der Waals surface area contributed by atoms with Gasteiger partial charge >= 0.3 is 0 Å². The highest BCUT2D eigenvalue weighted by atomic mass is 16.3. The Labute approximate surface area is 125 Å². The standard InChI is InChI=1S/C16H25N3O2/c1-16(2,3)19-8-12(7-17-19)15(21)18-14-11-5-4-10(6-11)13(14)9-20/h7-8,10-11,13-14,20H,4-6,9H2,1-3H3,(H,18,21). The summed E-state index contributed by atoms with van der Waals surface area (Å²) in [6, 6.07) is 0.124. The van der Waals surface area contributed by atoms with Crippen LogP contribution in [0.15, 0.2) is 12.4 Å². The van der Waals surface area contributed by atoms with Crippen LogP contribution in [0.3, 0.4) is 0 Å². The fourth-order valence-electron chi connectivity index (χ4n) is 3.94. The van der Waals surface area contributed by atoms with Gasteiger partial charge in [-0.1, -0.05) is 0 Å². The molecule has 2 fully saturated rings. The molecular formula is C16H25N3O2. The largest absolute Gasteiger partial charge is 0.396 e. The van der Waals surface area contributed by atoms with Gasteiger partial charge in [-0.3, -0.25) is 9.48 Å². The molecule has 5 nitrogen and oxygen atoms in total. The summed E-state index contributed by atoms with van der Waals surface area (Å²) >= 11 is 0. The third-order valence-electron chi connectivity index (χ3n) is 5.13. The van der Waals surface area contributed by atoms with Crippen LogP contribution in [0.5, 0.6) is 0 Å². The molecule has 4 atom stereocenters. The van der Waals surface area contributed by atoms with E-state index in [1.165, 1.54) is 12.8 Å². The van der Waals surface area contributed by atoms with Crippen molar-refractivity contribution in [1.29, 1.82) is 0 Å². The van der Waals surface area contributed by atoms with Gasteiger partial charge in [0, 0.05) is 24.8 Å². The van der Waals surface area contributed by atoms with Crippen LogP contribution in [0.2, 0.25) is 0 Å². The van der Waals surface area contributed by atoms with Gasteiger partial charge in [0.25, 0.3) is 5.91 Å². The monoisotopic (exact) mass is 291 g/mol. The second-order valence-corrected chi connectivity index (χ2v) is 7.52. The maximum absolute atomic E-state index is 12.4. The predicted molar refractivity (Wildman–Crippen MR) is 79.9 cm³/mol. The number of carbonyl (C=O) groups is 1. The maximum Gasteiger partial charge on any atom is 0.254 e. The number of rotatable bonds is 3. The molecule has 0 saturated heterocycles. The van der Waals surface area contributed by atoms with Crippen LogP contribution in [0.25, 0.3) is 0 Å². The molecule has 1 aromatic rings. The minimum absolute atomic E-state index is 0.0681. The van der Waals surface area contributed by atoms with Crippen LogP contribution >= 0.6 is 0 Å². The van der Waals surface area contributed by atoms with Gasteiger partial charge in [0.05, 0.1) is 17.3 Å². The van der Waals surface area contributed by atoms with Gasteiger partial charge in [0.15, 0.2) is 0 Å². The Morgan fingerprint density at radius 3 is 2.76 bits per heavy atom. The van der Waals surface area contributed by atoms with E-state index in [4.69, 9.17) is 0 Å². The molecule has 21 heavy (non-hydrogen) atoms. The van der Waals surface area contributed by atoms with Gasteiger partial charge < -0.3 is 10.4 Å². The van der Waals surface area contributed by atoms with Crippen molar-refractivity contribution in [2.75, 3.05) is 6.61 Å². The van der Waals surface area contributed by atoms with Gasteiger partial charge in [-0.15, -0.1) is 0 Å². The van der Waals surface area contributed by atoms with Crippen molar-refractivity contribution in [3.63, 3.8) is 0 Å². The third kappa shape index (κ3) is 2.59. The Balaban J connectivity index is 1.70. The summed E-state index contributed by atoms with van der Waals surface area (Å²) in [4.78, 5) is 12.4. The Morgan fingerprint density at radius 2 is 2.14 bits per heavy atom. The minimum Gasteiger partial charge on any atom is -0.396 e. The number of aliphatic hydroxyl groups excluding tert-OH is 1. The normalized spacial score (nSPS) is 31.6. The van der Waals surface area contributed by atoms with Crippen molar-refractivity contribution < 1.29 is 9.90 Å². The minimum atomic E-state index is -0.126. The number of fused-ring (bicyclic) bond motifs is 2. The lowest BCUT2D eigenvalue weighted by Crippen LogP contribution is -2.45. The van der Waals surface area contributed by atoms with Crippen LogP contribution < -0.4 is 5.32 Å². The highest BCUT2D eigenvalue weighted by molar-refractivity contribution is 5.94. The van der Waals surface area contributed by atoms with E-state index in [1.54, 1.807) is 12.4 Å². The summed E-state index contributed by atoms with van der Waals surface area (Å²) in [6.07, 6.45) is 6.95. The number of amides is 1. The number of aromatic nitrogens is 2. The molecular weight excluding hydrogens is 266 g/mol. The van der Waals surface area contributed by atoms with E-state index in [0.717, 1.165) is 6.42 Å². The van der Waals surface area contributed by atoms with Crippen LogP contribution in [-0.4, -0.2) is 33.4 Å². The van der Waals surface area contributed by atoms with Crippen molar-refractivity contribution in [3.05, 3.63) is 18.0 Å². The molecule has 0 spiro atoms. The molecule has 1 aromatic heterocycles. The van der Waals surface area contributed by atoms with Crippen LogP contribution in [0.4, 0.5) is 0 Å². The lowest BCUT2D eigenvalue weighted by Gasteiger charge is -2.30. The summed E-state index contributed by atoms with van der Waals surface area (Å²) in [5.41, 5.74) is 0.475. The van der Waals surface area contributed by atoms with Crippen LogP contribution in [0.1, 0.15) is 50.4 Å². The Bertz CT molecular complexity index is 532. The van der Waals surface area contributed by atoms with Gasteiger partial charge in [-0.05, 0) is 51.9 Å². The molecule has 5 heteroatoms. The first-order valence-corrected chi connectivity index (χ1v) is 7.87. The summed E-state index contributed by atoms with van der Waals surface area (Å²) < 4.78 is 1.81. The van der Waals surface area contributed by atoms with Crippen molar-refractivity contribution in [2.24, 2.45) is 17.8 Å². The van der Waals surface area contributed by atoms with Crippen molar-refractivity contribution >= 4 is 5.91 Å². The number of carbonyl (C=O) groups excluding carboxylic acids is 1. The maximum atomic E-state index is 12.4. The van der Waals surface area contributed by atoms with E-state index in [9.17, 15) is 9.90 Å². The zero-order valence-corrected chi connectivity index (χ0v) is 13.0. The zero-order chi connectivity index (χ0) is 15.2. The van der Waals surface area contributed by atoms with Crippen molar-refractivity contribution in [1.82, 2.24) is 15.1 Å². The highest BCUT2D eigenvalue weighted by Crippen LogP contribution is 2.48. The average molecular weight is 291 g/mol. The van der Waals surface area contributed by atoms with E-state index in [0.29, 0.717) is 17.4 Å². The first-order chi connectivity index (χ1) is 9.90. The van der Waals surface area contributed by atoms with Crippen molar-refractivity contribution in [3.8, 4) is 0 Å². The first-order valence-electron chi connectivity index (χ1n) is 7.87. The Kier molecular flexibility index (Phi) is 3.56. The summed E-state index contributed by atoms with van der Waals surface area (Å²) in [5.74, 6) is 1.28. The molecule has 2 bridgehead atoms. The highest BCUT2D eigenvalue weighted by Gasteiger charge is 2.47. The number of aliphatic hydroxyl groups is 1. The second-order valence-electron chi connectivity index (χ2n) is 7.52. The topological polar surface area (TPSA) is 67.2 Å². The van der Waals surface area contributed by atoms with E-state index in [2.05, 4.69) is 31.2 Å². The smallest absolute Gasteiger partial charge is 0.254 e. The second kappa shape index (κ2) is 5.13. The molecule has 0 aromatic carbocycles. The number of nitrogens with zero attached hydrogens (tertiary/aromatic N) is 2. The van der Waals surface area contributed by atoms with E-state index in [1.807, 2.05) is 4.68 Å². The van der Waals surface area contributed by atoms with E-state index in [-0.39, 0.29) is 30.0 Å². The average Bonchev–Trinajstić information content (AvgIpc) is 3.12. The van der Waals surface area contributed by atoms with E-state index >= 15 is 0 Å². The molecule has 0 radical (unpaired) electrons. The number of hydrogen-bond acceptors (Lipinski definition) is 3. The van der Waals surface area contributed by atoms with Gasteiger partial charge in [-0.2, -0.15) is 5.10 Å². The fraction of sp³-hybridized carbons (Fsp3) is 0.750. The SMILES string of the molecule is CC(C)(C)n1cc(C(=O)NC2C3CCC(C3)C2CO)cn1. The first kappa shape index (κ1) is 14.6. The molecule has 2 saturated carbocycles. The molecule has 1 heterocycles. The van der Waals surface area contributed by atoms with Gasteiger partial charge in [0.2, 0.25) is 0 Å². The summed E-state index contributed by atoms with van der Waals surface area (Å²) in [6.45, 7) is 6.34. The molecule has 1 amide bonds. The van der Waals surface area contributed by atoms with E-state index < -0.39 is 0 Å². The number of nitrogens with one attached hydrogen (secondary N) is 1. The van der Waals surface area contributed by atoms with Gasteiger partial charge in [0.1, 0.15) is 0 Å². The molecule has 4 unspecified atom stereocenters. The fourth-order valence-corrected chi connectivity index (χ4v) is 3.94. The molecule has 3 rings (SSSR count). The predicted octanol–water partition coefficient (Wildman–Crippen LogP) is 1.77. The Hall–Kier alpha value is -1.36. The van der Waals surface area contributed by atoms with Gasteiger partial charge in [-0.25, -0.2) is 0 Å². The lowest BCUT2D eigenvalue weighted by atomic mass is 9.85. The third-order valence-corrected chi connectivity index (χ3v) is 5.13. The number of hydrogen-bond donors (Lipinski definition) is 2. The molecule has 2 aliphatic rings. The van der Waals surface area contributed by atoms with Crippen LogP contribution in [-0.2, 0) is 5.54 Å². The van der Waals surface area contributed by atoms with Crippen molar-refractivity contribution in [2.45, 2.75) is 51.6 Å². The molecule has 0 aliphatic heterocycles. The quantitative estimate of drug-likeness (QED) is 0.892. The van der Waals surface area contributed by atoms with Crippen LogP contribution in [0, 0.1) is 17.8 Å². The summed E-state index contributed by atoms with van der Waals surface area (Å²) in [5, 5.41) is 17.0. The molecule has 2 aliphatic carbocycles. The molecule has 2 N–H and O–H groups in total. The zero-order valence-electron chi connectivity index (χ0n) is 13.0. The summed E-state index contributed by atoms with van der Waals surface area (Å²) in [7, 11) is 0.